The highest BCUT2D eigenvalue weighted by atomic mass is 31.2. The molecule has 682 valence electrons. The molecule has 0 aromatic carbocycles. The number of carbonyl (C=O) groups excluding carboxylic acids is 4. The summed E-state index contributed by atoms with van der Waals surface area (Å²) >= 11 is 0. The van der Waals surface area contributed by atoms with E-state index in [1.54, 1.807) is 0 Å². The lowest BCUT2D eigenvalue weighted by Gasteiger charge is -2.50. The van der Waals surface area contributed by atoms with Gasteiger partial charge >= 0.3 is 31.7 Å². The van der Waals surface area contributed by atoms with Crippen molar-refractivity contribution in [3.63, 3.8) is 0 Å². The molecule has 0 radical (unpaired) electrons. The molecule has 2 saturated heterocycles. The van der Waals surface area contributed by atoms with Crippen molar-refractivity contribution >= 4 is 31.7 Å². The number of phosphoric acid groups is 1. The molecule has 0 bridgehead atoms. The highest BCUT2D eigenvalue weighted by molar-refractivity contribution is 7.47. The van der Waals surface area contributed by atoms with E-state index < -0.39 is 162 Å². The molecule has 2 heterocycles. The Hall–Kier alpha value is -2.79. The third-order valence-electron chi connectivity index (χ3n) is 23.0. The van der Waals surface area contributed by atoms with Crippen molar-refractivity contribution in [2.45, 2.75) is 511 Å². The van der Waals surface area contributed by atoms with Gasteiger partial charge in [0.05, 0.1) is 13.2 Å². The summed E-state index contributed by atoms with van der Waals surface area (Å²) < 4.78 is 73.4. The van der Waals surface area contributed by atoms with E-state index >= 15 is 0 Å². The van der Waals surface area contributed by atoms with Crippen LogP contribution < -0.4 is 0 Å². The third-order valence-corrected chi connectivity index (χ3v) is 24.0. The minimum atomic E-state index is -5.81. The van der Waals surface area contributed by atoms with E-state index in [-0.39, 0.29) is 25.7 Å². The van der Waals surface area contributed by atoms with Crippen molar-refractivity contribution in [1.82, 2.24) is 0 Å². The Morgan fingerprint density at radius 3 is 1.03 bits per heavy atom. The van der Waals surface area contributed by atoms with E-state index in [0.717, 1.165) is 128 Å². The summed E-state index contributed by atoms with van der Waals surface area (Å²) in [6.07, 6.45) is 27.8. The zero-order chi connectivity index (χ0) is 84.7. The van der Waals surface area contributed by atoms with Crippen LogP contribution in [0.25, 0.3) is 0 Å². The van der Waals surface area contributed by atoms with Gasteiger partial charge in [0, 0.05) is 25.7 Å². The largest absolute Gasteiger partial charge is 0.472 e. The zero-order valence-electron chi connectivity index (χ0n) is 72.6. The quantitative estimate of drug-likeness (QED) is 0.00889. The molecular formula is C90H167O25P. The molecule has 0 aromatic rings. The van der Waals surface area contributed by atoms with Crippen LogP contribution in [0.5, 0.6) is 0 Å². The summed E-state index contributed by atoms with van der Waals surface area (Å²) in [5, 5.41) is 102. The van der Waals surface area contributed by atoms with Gasteiger partial charge in [-0.05, 0) is 51.4 Å². The van der Waals surface area contributed by atoms with Gasteiger partial charge in [-0.1, -0.05) is 342 Å². The third kappa shape index (κ3) is 49.5. The van der Waals surface area contributed by atoms with Crippen molar-refractivity contribution in [2.24, 2.45) is 0 Å². The average Bonchev–Trinajstić information content (AvgIpc) is 0.754. The Kier molecular flexibility index (Phi) is 64.4. The van der Waals surface area contributed by atoms with Crippen LogP contribution in [0.4, 0.5) is 0 Å². The molecule has 1 saturated carbocycles. The lowest BCUT2D eigenvalue weighted by Crippen LogP contribution is -2.70. The second-order valence-corrected chi connectivity index (χ2v) is 34.9. The second kappa shape index (κ2) is 69.6. The van der Waals surface area contributed by atoms with Gasteiger partial charge < -0.3 is 88.7 Å². The van der Waals surface area contributed by atoms with Crippen LogP contribution in [0.3, 0.4) is 0 Å². The molecule has 3 aliphatic rings. The number of rotatable bonds is 76. The van der Waals surface area contributed by atoms with Crippen molar-refractivity contribution in [3.05, 3.63) is 12.2 Å². The SMILES string of the molecule is CCCCCCCC/C=C\CCCCCC(=O)OCC(COP(=O)(O)OC1C(OC2OC(CO)C(O)C(O)C2O)C(O)C(O)C(OC(=O)CCCCCCCCCCCCCCCCC)C1OC1OC(COC(=O)CCCCCCCCCCCCCCC)C(O)C(O)C1O)OC(=O)CCCCCCCCCCCCCCCCCC. The van der Waals surface area contributed by atoms with Gasteiger partial charge in [-0.3, -0.25) is 28.2 Å². The summed E-state index contributed by atoms with van der Waals surface area (Å²) in [6, 6.07) is 0. The van der Waals surface area contributed by atoms with Crippen LogP contribution in [-0.2, 0) is 70.7 Å². The van der Waals surface area contributed by atoms with Crippen LogP contribution in [0.2, 0.25) is 0 Å². The minimum Gasteiger partial charge on any atom is -0.463 e. The maximum absolute atomic E-state index is 14.9. The first kappa shape index (κ1) is 107. The summed E-state index contributed by atoms with van der Waals surface area (Å²) in [5.41, 5.74) is 0. The summed E-state index contributed by atoms with van der Waals surface area (Å²) in [7, 11) is -5.81. The Morgan fingerprint density at radius 1 is 0.336 bits per heavy atom. The zero-order valence-corrected chi connectivity index (χ0v) is 73.5. The van der Waals surface area contributed by atoms with Gasteiger partial charge in [-0.15, -0.1) is 0 Å². The number of carbonyl (C=O) groups is 4. The molecule has 18 unspecified atom stereocenters. The molecule has 10 N–H and O–H groups in total. The number of unbranched alkanes of at least 4 members (excludes halogenated alkanes) is 50. The molecule has 3 fully saturated rings. The molecule has 18 atom stereocenters. The van der Waals surface area contributed by atoms with Crippen LogP contribution in [0, 0.1) is 0 Å². The predicted octanol–water partition coefficient (Wildman–Crippen LogP) is 17.2. The monoisotopic (exact) mass is 1680 g/mol. The summed E-state index contributed by atoms with van der Waals surface area (Å²) in [6.45, 7) is 5.59. The van der Waals surface area contributed by atoms with Gasteiger partial charge in [-0.25, -0.2) is 4.57 Å². The van der Waals surface area contributed by atoms with Crippen LogP contribution in [0.1, 0.15) is 407 Å². The van der Waals surface area contributed by atoms with Gasteiger partial charge in [0.15, 0.2) is 24.8 Å². The van der Waals surface area contributed by atoms with E-state index in [1.807, 2.05) is 0 Å². The summed E-state index contributed by atoms with van der Waals surface area (Å²) in [4.78, 5) is 66.4. The highest BCUT2D eigenvalue weighted by Gasteiger charge is 2.60. The topological polar surface area (TPSA) is 380 Å². The molecule has 0 spiro atoms. The molecule has 3 rings (SSSR count). The lowest BCUT2D eigenvalue weighted by molar-refractivity contribution is -0.360. The number of esters is 4. The van der Waals surface area contributed by atoms with Gasteiger partial charge in [0.25, 0.3) is 0 Å². The predicted molar refractivity (Wildman–Crippen MR) is 449 cm³/mol. The lowest BCUT2D eigenvalue weighted by atomic mass is 9.84. The number of aliphatic hydroxyl groups excluding tert-OH is 9. The Morgan fingerprint density at radius 2 is 0.647 bits per heavy atom. The molecule has 25 nitrogen and oxygen atoms in total. The van der Waals surface area contributed by atoms with E-state index in [2.05, 4.69) is 39.8 Å². The van der Waals surface area contributed by atoms with Gasteiger partial charge in [0.1, 0.15) is 92.6 Å². The van der Waals surface area contributed by atoms with Crippen LogP contribution in [-0.4, -0.2) is 205 Å². The van der Waals surface area contributed by atoms with Crippen molar-refractivity contribution in [3.8, 4) is 0 Å². The maximum Gasteiger partial charge on any atom is 0.472 e. The first-order valence-electron chi connectivity index (χ1n) is 46.9. The normalized spacial score (nSPS) is 25.2. The maximum atomic E-state index is 14.9. The van der Waals surface area contributed by atoms with Gasteiger partial charge in [-0.2, -0.15) is 0 Å². The van der Waals surface area contributed by atoms with Gasteiger partial charge in [0.2, 0.25) is 0 Å². The number of aliphatic hydroxyl groups is 9. The van der Waals surface area contributed by atoms with E-state index in [1.165, 1.54) is 193 Å². The average molecular weight is 1680 g/mol. The molecule has 26 heteroatoms. The Balaban J connectivity index is 1.92. The minimum absolute atomic E-state index is 0.0168. The fraction of sp³-hybridized carbons (Fsp3) is 0.933. The second-order valence-electron chi connectivity index (χ2n) is 33.5. The first-order valence-corrected chi connectivity index (χ1v) is 48.4. The fourth-order valence-electron chi connectivity index (χ4n) is 15.5. The van der Waals surface area contributed by atoms with Crippen molar-refractivity contribution < 1.29 is 122 Å². The van der Waals surface area contributed by atoms with E-state index in [4.69, 9.17) is 46.9 Å². The van der Waals surface area contributed by atoms with Crippen LogP contribution >= 0.6 is 7.82 Å². The van der Waals surface area contributed by atoms with Crippen LogP contribution in [0.15, 0.2) is 12.2 Å². The highest BCUT2D eigenvalue weighted by Crippen LogP contribution is 2.49. The number of hydrogen-bond acceptors (Lipinski definition) is 24. The van der Waals surface area contributed by atoms with E-state index in [9.17, 15) is 74.6 Å². The Bertz CT molecular complexity index is 2460. The molecule has 0 aromatic heterocycles. The van der Waals surface area contributed by atoms with E-state index in [0.29, 0.717) is 32.1 Å². The smallest absolute Gasteiger partial charge is 0.463 e. The number of phosphoric ester groups is 1. The summed E-state index contributed by atoms with van der Waals surface area (Å²) in [5.74, 6) is -2.97. The number of hydrogen-bond donors (Lipinski definition) is 10. The van der Waals surface area contributed by atoms with Crippen molar-refractivity contribution in [1.29, 1.82) is 0 Å². The first-order chi connectivity index (χ1) is 56.2. The van der Waals surface area contributed by atoms with Crippen molar-refractivity contribution in [2.75, 3.05) is 26.4 Å². The molecule has 1 aliphatic carbocycles. The molecular weight excluding hydrogens is 1510 g/mol. The standard InChI is InChI=1S/C90H167O25P/c1-5-9-13-17-21-25-29-33-35-37-41-44-48-52-56-60-64-75(94)109-70(67-106-73(92)62-58-54-50-46-42-38-31-27-23-19-15-11-7-3)68-108-116(104,105)115-88-86(113-89-83(102)79(98)77(96)71(66-91)110-89)82(101)81(100)85(112-76(95)65-61-57-53-49-45-40-36-34-30-26-22-18-14-10-6-2)87(88)114-90-84(103)80(99)78(97)72(111-90)69-107-74(93)63-59-55-51-47-43-39-32-28-24-20-16-12-8-4/h38,42,70-72,77-91,96-103H,5-37,39-41,43-69H2,1-4H3,(H,104,105)/b42-38-. The Labute approximate surface area is 699 Å². The number of allylic oxidation sites excluding steroid dienone is 2. The molecule has 116 heavy (non-hydrogen) atoms. The number of ether oxygens (including phenoxy) is 8. The molecule has 2 aliphatic heterocycles. The fourth-order valence-corrected chi connectivity index (χ4v) is 16.5. The molecule has 0 amide bonds.